The van der Waals surface area contributed by atoms with Gasteiger partial charge in [0.1, 0.15) is 0 Å². The molecule has 0 amide bonds. The minimum atomic E-state index is 0.366. The van der Waals surface area contributed by atoms with Crippen molar-refractivity contribution in [3.8, 4) is 11.1 Å². The topological polar surface area (TPSA) is 70.9 Å². The van der Waals surface area contributed by atoms with Crippen LogP contribution < -0.4 is 5.32 Å². The normalized spacial score (nSPS) is 19.2. The number of aromatic amines is 1. The largest absolute Gasteiger partial charge is 0.314 e. The van der Waals surface area contributed by atoms with E-state index in [2.05, 4.69) is 36.5 Å². The summed E-state index contributed by atoms with van der Waals surface area (Å²) in [5.41, 5.74) is 3.93. The van der Waals surface area contributed by atoms with Crippen molar-refractivity contribution in [3.63, 3.8) is 0 Å². The highest BCUT2D eigenvalue weighted by atomic mass is 79.9. The molecular weight excluding hydrogens is 352 g/mol. The second kappa shape index (κ2) is 5.43. The number of H-pyrrole nitrogens is 1. The van der Waals surface area contributed by atoms with Gasteiger partial charge in [0.25, 0.3) is 0 Å². The average molecular weight is 365 g/mol. The second-order valence-electron chi connectivity index (χ2n) is 4.85. The average Bonchev–Trinajstić information content (AvgIpc) is 3.15. The third-order valence-corrected chi connectivity index (χ3v) is 5.36. The van der Waals surface area contributed by atoms with Crippen LogP contribution >= 0.6 is 27.7 Å². The van der Waals surface area contributed by atoms with E-state index in [-0.39, 0.29) is 0 Å². The molecule has 0 saturated carbocycles. The van der Waals surface area contributed by atoms with Crippen molar-refractivity contribution < 1.29 is 0 Å². The molecule has 1 unspecified atom stereocenters. The predicted molar refractivity (Wildman–Crippen MR) is 86.3 cm³/mol. The number of hydrogen-bond acceptors (Lipinski definition) is 5. The van der Waals surface area contributed by atoms with E-state index in [1.165, 1.54) is 0 Å². The Kier molecular flexibility index (Phi) is 3.44. The summed E-state index contributed by atoms with van der Waals surface area (Å²) >= 11 is 5.57. The van der Waals surface area contributed by atoms with Gasteiger partial charge in [0.2, 0.25) is 0 Å². The maximum atomic E-state index is 4.87. The second-order valence-corrected chi connectivity index (χ2v) is 7.02. The number of thioether (sulfide) groups is 1. The molecule has 1 aliphatic rings. The van der Waals surface area contributed by atoms with Gasteiger partial charge >= 0.3 is 0 Å². The summed E-state index contributed by atoms with van der Waals surface area (Å²) in [4.78, 5) is 4.87. The Morgan fingerprint density at radius 3 is 3.10 bits per heavy atom. The van der Waals surface area contributed by atoms with Gasteiger partial charge in [-0.3, -0.25) is 5.10 Å². The fourth-order valence-corrected chi connectivity index (χ4v) is 4.30. The Labute approximate surface area is 133 Å². The number of fused-ring (bicyclic) bond motifs is 1. The Hall–Kier alpha value is -1.38. The van der Waals surface area contributed by atoms with Crippen LogP contribution in [0.3, 0.4) is 0 Å². The number of nitrogens with one attached hydrogen (secondary N) is 2. The van der Waals surface area contributed by atoms with Crippen molar-refractivity contribution in [2.24, 2.45) is 0 Å². The number of aromatic nitrogens is 5. The molecule has 2 N–H and O–H groups in total. The van der Waals surface area contributed by atoms with Crippen molar-refractivity contribution in [3.05, 3.63) is 35.0 Å². The van der Waals surface area contributed by atoms with Gasteiger partial charge in [-0.1, -0.05) is 0 Å². The Bertz CT molecular complexity index is 762. The van der Waals surface area contributed by atoms with E-state index in [0.717, 1.165) is 45.8 Å². The number of nitrogens with zero attached hydrogens (tertiary/aromatic N) is 4. The highest BCUT2D eigenvalue weighted by molar-refractivity contribution is 9.10. The molecule has 1 saturated heterocycles. The monoisotopic (exact) mass is 364 g/mol. The Morgan fingerprint density at radius 1 is 1.38 bits per heavy atom. The summed E-state index contributed by atoms with van der Waals surface area (Å²) < 4.78 is 2.80. The minimum Gasteiger partial charge on any atom is -0.314 e. The highest BCUT2D eigenvalue weighted by Gasteiger charge is 2.21. The molecule has 8 heteroatoms. The van der Waals surface area contributed by atoms with E-state index in [0.29, 0.717) is 5.25 Å². The third kappa shape index (κ3) is 2.37. The first kappa shape index (κ1) is 13.3. The molecule has 3 aromatic rings. The molecule has 1 fully saturated rings. The summed E-state index contributed by atoms with van der Waals surface area (Å²) in [5.74, 6) is 1.11. The van der Waals surface area contributed by atoms with E-state index < -0.39 is 0 Å². The van der Waals surface area contributed by atoms with E-state index in [1.54, 1.807) is 10.7 Å². The van der Waals surface area contributed by atoms with E-state index in [1.807, 2.05) is 30.4 Å². The van der Waals surface area contributed by atoms with Gasteiger partial charge in [-0.25, -0.2) is 9.50 Å². The summed E-state index contributed by atoms with van der Waals surface area (Å²) in [7, 11) is 0. The maximum absolute atomic E-state index is 4.87. The lowest BCUT2D eigenvalue weighted by atomic mass is 10.2. The lowest BCUT2D eigenvalue weighted by Crippen LogP contribution is -2.28. The first-order valence-corrected chi connectivity index (χ1v) is 8.52. The molecule has 0 spiro atoms. The highest BCUT2D eigenvalue weighted by Crippen LogP contribution is 2.34. The van der Waals surface area contributed by atoms with E-state index in [9.17, 15) is 0 Å². The zero-order valence-electron chi connectivity index (χ0n) is 11.1. The van der Waals surface area contributed by atoms with E-state index >= 15 is 0 Å². The first-order valence-electron chi connectivity index (χ1n) is 6.68. The zero-order chi connectivity index (χ0) is 14.2. The summed E-state index contributed by atoms with van der Waals surface area (Å²) in [6.07, 6.45) is 7.46. The lowest BCUT2D eigenvalue weighted by molar-refractivity contribution is 0.677. The van der Waals surface area contributed by atoms with Crippen LogP contribution in [-0.4, -0.2) is 43.6 Å². The Morgan fingerprint density at radius 2 is 2.33 bits per heavy atom. The van der Waals surface area contributed by atoms with Gasteiger partial charge < -0.3 is 5.32 Å². The van der Waals surface area contributed by atoms with Crippen LogP contribution in [0.15, 0.2) is 29.3 Å². The zero-order valence-corrected chi connectivity index (χ0v) is 13.5. The molecule has 4 rings (SSSR count). The summed E-state index contributed by atoms with van der Waals surface area (Å²) in [5, 5.41) is 15.0. The molecule has 1 atom stereocenters. The van der Waals surface area contributed by atoms with Crippen LogP contribution in [0.5, 0.6) is 0 Å². The van der Waals surface area contributed by atoms with Gasteiger partial charge in [-0.15, -0.1) is 11.8 Å². The number of rotatable bonds is 2. The standard InChI is InChI=1S/C13H13BrN6S/c14-10-7-20-13(9(5-18-20)8-3-16-17-4-8)19-12(10)11-6-15-1-2-21-11/h3-5,7,11,15H,1-2,6H2,(H,16,17). The smallest absolute Gasteiger partial charge is 0.163 e. The number of hydrogen-bond donors (Lipinski definition) is 2. The Balaban J connectivity index is 1.84. The fraction of sp³-hybridized carbons (Fsp3) is 0.308. The van der Waals surface area contributed by atoms with Crippen LogP contribution in [0.25, 0.3) is 16.8 Å². The minimum absolute atomic E-state index is 0.366. The van der Waals surface area contributed by atoms with Gasteiger partial charge in [0, 0.05) is 42.4 Å². The van der Waals surface area contributed by atoms with Crippen LogP contribution in [0.2, 0.25) is 0 Å². The third-order valence-electron chi connectivity index (χ3n) is 3.52. The molecule has 108 valence electrons. The van der Waals surface area contributed by atoms with Gasteiger partial charge in [-0.2, -0.15) is 10.2 Å². The van der Waals surface area contributed by atoms with Crippen LogP contribution in [-0.2, 0) is 0 Å². The van der Waals surface area contributed by atoms with Crippen LogP contribution in [0.4, 0.5) is 0 Å². The van der Waals surface area contributed by atoms with Crippen molar-refractivity contribution in [1.29, 1.82) is 0 Å². The molecule has 1 aliphatic heterocycles. The first-order chi connectivity index (χ1) is 10.3. The van der Waals surface area contributed by atoms with Crippen molar-refractivity contribution in [1.82, 2.24) is 30.1 Å². The SMILES string of the molecule is Brc1cn2ncc(-c3cn[nH]c3)c2nc1C1CNCCS1. The molecule has 0 radical (unpaired) electrons. The van der Waals surface area contributed by atoms with Crippen molar-refractivity contribution in [2.45, 2.75) is 5.25 Å². The summed E-state index contributed by atoms with van der Waals surface area (Å²) in [6, 6.07) is 0. The van der Waals surface area contributed by atoms with Crippen molar-refractivity contribution >= 4 is 33.3 Å². The van der Waals surface area contributed by atoms with Crippen molar-refractivity contribution in [2.75, 3.05) is 18.8 Å². The van der Waals surface area contributed by atoms with Crippen LogP contribution in [0, 0.1) is 0 Å². The molecular formula is C13H13BrN6S. The summed E-state index contributed by atoms with van der Waals surface area (Å²) in [6.45, 7) is 2.01. The van der Waals surface area contributed by atoms with Crippen LogP contribution in [0.1, 0.15) is 10.9 Å². The molecule has 0 aliphatic carbocycles. The molecule has 6 nitrogen and oxygen atoms in total. The predicted octanol–water partition coefficient (Wildman–Crippen LogP) is 2.26. The maximum Gasteiger partial charge on any atom is 0.163 e. The molecule has 21 heavy (non-hydrogen) atoms. The van der Waals surface area contributed by atoms with Gasteiger partial charge in [-0.05, 0) is 15.9 Å². The fourth-order valence-electron chi connectivity index (χ4n) is 2.47. The molecule has 0 bridgehead atoms. The molecule has 0 aromatic carbocycles. The molecule has 4 heterocycles. The van der Waals surface area contributed by atoms with Gasteiger partial charge in [0.05, 0.1) is 27.8 Å². The quantitative estimate of drug-likeness (QED) is 0.729. The van der Waals surface area contributed by atoms with Gasteiger partial charge in [0.15, 0.2) is 5.65 Å². The number of halogens is 1. The van der Waals surface area contributed by atoms with E-state index in [4.69, 9.17) is 4.98 Å². The molecule has 3 aromatic heterocycles. The lowest BCUT2D eigenvalue weighted by Gasteiger charge is -2.22.